The quantitative estimate of drug-likeness (QED) is 0.525. The Bertz CT molecular complexity index is 1290. The first-order chi connectivity index (χ1) is 16.6. The number of hydrogen-bond acceptors (Lipinski definition) is 5. The largest absolute Gasteiger partial charge is 0.444 e. The van der Waals surface area contributed by atoms with Crippen molar-refractivity contribution in [1.29, 1.82) is 0 Å². The molecule has 35 heavy (non-hydrogen) atoms. The highest BCUT2D eigenvalue weighted by molar-refractivity contribution is 7.99. The molecule has 1 aliphatic heterocycles. The summed E-state index contributed by atoms with van der Waals surface area (Å²) in [6.45, 7) is 5.96. The van der Waals surface area contributed by atoms with Gasteiger partial charge in [-0.3, -0.25) is 14.5 Å². The molecule has 1 fully saturated rings. The number of benzene rings is 2. The summed E-state index contributed by atoms with van der Waals surface area (Å²) in [7, 11) is 1.77. The molecule has 0 bridgehead atoms. The average Bonchev–Trinajstić information content (AvgIpc) is 2.82. The van der Waals surface area contributed by atoms with Gasteiger partial charge in [0.2, 0.25) is 5.91 Å². The van der Waals surface area contributed by atoms with Crippen LogP contribution in [0, 0.1) is 0 Å². The van der Waals surface area contributed by atoms with Crippen LogP contribution in [0.5, 0.6) is 0 Å². The van der Waals surface area contributed by atoms with Gasteiger partial charge in [0.1, 0.15) is 11.6 Å². The maximum Gasteiger partial charge on any atom is 0.410 e. The summed E-state index contributed by atoms with van der Waals surface area (Å²) in [4.78, 5) is 41.4. The number of carbonyl (C=O) groups is 2. The first-order valence-electron chi connectivity index (χ1n) is 11.8. The van der Waals surface area contributed by atoms with Crippen LogP contribution in [0.15, 0.2) is 69.2 Å². The molecule has 8 heteroatoms. The SMILES string of the molecule is Cn1c(=O)cc(Sc2ccc(NC(=O)C3CCCCN3C(=O)OC(C)(C)C)cc2)c2ccccc21. The molecule has 0 aliphatic carbocycles. The van der Waals surface area contributed by atoms with E-state index in [0.717, 1.165) is 33.5 Å². The van der Waals surface area contributed by atoms with Crippen molar-refractivity contribution in [1.82, 2.24) is 9.47 Å². The van der Waals surface area contributed by atoms with Gasteiger partial charge in [-0.15, -0.1) is 0 Å². The van der Waals surface area contributed by atoms with E-state index in [1.54, 1.807) is 17.7 Å². The molecular formula is C27H31N3O4S. The number of aromatic nitrogens is 1. The lowest BCUT2D eigenvalue weighted by molar-refractivity contribution is -0.122. The van der Waals surface area contributed by atoms with E-state index in [1.807, 2.05) is 69.3 Å². The monoisotopic (exact) mass is 493 g/mol. The van der Waals surface area contributed by atoms with E-state index >= 15 is 0 Å². The molecule has 2 aromatic carbocycles. The molecule has 1 aliphatic rings. The summed E-state index contributed by atoms with van der Waals surface area (Å²) >= 11 is 1.51. The van der Waals surface area contributed by atoms with E-state index in [4.69, 9.17) is 4.74 Å². The summed E-state index contributed by atoms with van der Waals surface area (Å²) < 4.78 is 7.15. The van der Waals surface area contributed by atoms with Crippen molar-refractivity contribution in [3.05, 3.63) is 65.0 Å². The number of pyridine rings is 1. The second-order valence-electron chi connectivity index (χ2n) is 9.72. The van der Waals surface area contributed by atoms with Gasteiger partial charge in [0, 0.05) is 40.5 Å². The summed E-state index contributed by atoms with van der Waals surface area (Å²) in [5, 5.41) is 3.96. The fraction of sp³-hybridized carbons (Fsp3) is 0.370. The molecule has 7 nitrogen and oxygen atoms in total. The molecule has 184 valence electrons. The lowest BCUT2D eigenvalue weighted by Gasteiger charge is -2.35. The average molecular weight is 494 g/mol. The third-order valence-electron chi connectivity index (χ3n) is 5.90. The zero-order chi connectivity index (χ0) is 25.2. The molecule has 0 saturated carbocycles. The Labute approximate surface area is 209 Å². The van der Waals surface area contributed by atoms with Crippen molar-refractivity contribution in [2.45, 2.75) is 61.5 Å². The Hall–Kier alpha value is -3.26. The van der Waals surface area contributed by atoms with Gasteiger partial charge in [-0.25, -0.2) is 4.79 Å². The van der Waals surface area contributed by atoms with Gasteiger partial charge in [-0.2, -0.15) is 0 Å². The van der Waals surface area contributed by atoms with Crippen molar-refractivity contribution in [3.8, 4) is 0 Å². The first kappa shape index (κ1) is 24.9. The van der Waals surface area contributed by atoms with Crippen LogP contribution >= 0.6 is 11.8 Å². The van der Waals surface area contributed by atoms with Crippen LogP contribution in [0.2, 0.25) is 0 Å². The maximum atomic E-state index is 13.0. The van der Waals surface area contributed by atoms with Crippen LogP contribution in [0.4, 0.5) is 10.5 Å². The van der Waals surface area contributed by atoms with Crippen molar-refractivity contribution in [2.24, 2.45) is 7.05 Å². The second kappa shape index (κ2) is 10.2. The van der Waals surface area contributed by atoms with E-state index in [1.165, 1.54) is 16.7 Å². The topological polar surface area (TPSA) is 80.6 Å². The molecule has 1 unspecified atom stereocenters. The van der Waals surface area contributed by atoms with Gasteiger partial charge < -0.3 is 14.6 Å². The number of para-hydroxylation sites is 1. The van der Waals surface area contributed by atoms with E-state index in [-0.39, 0.29) is 11.5 Å². The number of nitrogens with one attached hydrogen (secondary N) is 1. The Morgan fingerprint density at radius 1 is 1.06 bits per heavy atom. The second-order valence-corrected chi connectivity index (χ2v) is 10.8. The lowest BCUT2D eigenvalue weighted by Crippen LogP contribution is -2.51. The first-order valence-corrected chi connectivity index (χ1v) is 12.6. The number of amides is 2. The standard InChI is InChI=1S/C27H31N3O4S/c1-27(2,3)34-26(33)30-16-8-7-11-22(30)25(32)28-18-12-14-19(15-13-18)35-23-17-24(31)29(4)21-10-6-5-9-20(21)23/h5-6,9-10,12-15,17,22H,7-8,11,16H2,1-4H3,(H,28,32). The molecule has 3 aromatic rings. The molecule has 2 heterocycles. The number of carbonyl (C=O) groups excluding carboxylic acids is 2. The van der Waals surface area contributed by atoms with Gasteiger partial charge >= 0.3 is 6.09 Å². The number of aryl methyl sites for hydroxylation is 1. The number of anilines is 1. The highest BCUT2D eigenvalue weighted by Gasteiger charge is 2.34. The molecule has 4 rings (SSSR count). The molecule has 1 aromatic heterocycles. The van der Waals surface area contributed by atoms with E-state index < -0.39 is 17.7 Å². The van der Waals surface area contributed by atoms with Crippen molar-refractivity contribution < 1.29 is 14.3 Å². The molecular weight excluding hydrogens is 462 g/mol. The number of likely N-dealkylation sites (tertiary alicyclic amines) is 1. The van der Waals surface area contributed by atoms with Crippen LogP contribution < -0.4 is 10.9 Å². The number of piperidine rings is 1. The summed E-state index contributed by atoms with van der Waals surface area (Å²) in [5.41, 5.74) is 0.866. The predicted molar refractivity (Wildman–Crippen MR) is 139 cm³/mol. The van der Waals surface area contributed by atoms with Crippen LogP contribution in [0.25, 0.3) is 10.9 Å². The Balaban J connectivity index is 1.46. The molecule has 1 atom stereocenters. The van der Waals surface area contributed by atoms with Crippen molar-refractivity contribution in [3.63, 3.8) is 0 Å². The third-order valence-corrected chi connectivity index (χ3v) is 6.96. The predicted octanol–water partition coefficient (Wildman–Crippen LogP) is 5.42. The minimum Gasteiger partial charge on any atom is -0.444 e. The number of nitrogens with zero attached hydrogens (tertiary/aromatic N) is 2. The van der Waals surface area contributed by atoms with Gasteiger partial charge in [0.15, 0.2) is 0 Å². The summed E-state index contributed by atoms with van der Waals surface area (Å²) in [6.07, 6.45) is 1.89. The fourth-order valence-corrected chi connectivity index (χ4v) is 5.13. The van der Waals surface area contributed by atoms with Crippen molar-refractivity contribution in [2.75, 3.05) is 11.9 Å². The van der Waals surface area contributed by atoms with Crippen LogP contribution in [-0.4, -0.2) is 39.7 Å². The highest BCUT2D eigenvalue weighted by atomic mass is 32.2. The summed E-state index contributed by atoms with van der Waals surface area (Å²) in [5.74, 6) is -0.214. The zero-order valence-corrected chi connectivity index (χ0v) is 21.4. The summed E-state index contributed by atoms with van der Waals surface area (Å²) in [6, 6.07) is 16.4. The van der Waals surface area contributed by atoms with Crippen LogP contribution in [-0.2, 0) is 16.6 Å². The smallest absolute Gasteiger partial charge is 0.410 e. The zero-order valence-electron chi connectivity index (χ0n) is 20.5. The van der Waals surface area contributed by atoms with E-state index in [2.05, 4.69) is 5.32 Å². The highest BCUT2D eigenvalue weighted by Crippen LogP contribution is 2.33. The Morgan fingerprint density at radius 2 is 1.77 bits per heavy atom. The van der Waals surface area contributed by atoms with E-state index in [9.17, 15) is 14.4 Å². The number of fused-ring (bicyclic) bond motifs is 1. The van der Waals surface area contributed by atoms with Gasteiger partial charge in [0.05, 0.1) is 5.52 Å². The van der Waals surface area contributed by atoms with Crippen LogP contribution in [0.3, 0.4) is 0 Å². The molecule has 2 amide bonds. The minimum atomic E-state index is -0.614. The molecule has 0 radical (unpaired) electrons. The molecule has 0 spiro atoms. The van der Waals surface area contributed by atoms with Gasteiger partial charge in [-0.1, -0.05) is 30.0 Å². The molecule has 1 N–H and O–H groups in total. The number of hydrogen-bond donors (Lipinski definition) is 1. The Morgan fingerprint density at radius 3 is 2.49 bits per heavy atom. The third kappa shape index (κ3) is 5.88. The van der Waals surface area contributed by atoms with Crippen LogP contribution in [0.1, 0.15) is 40.0 Å². The lowest BCUT2D eigenvalue weighted by atomic mass is 10.0. The van der Waals surface area contributed by atoms with Gasteiger partial charge in [0.25, 0.3) is 5.56 Å². The number of rotatable bonds is 4. The fourth-order valence-electron chi connectivity index (χ4n) is 4.17. The molecule has 1 saturated heterocycles. The normalized spacial score (nSPS) is 16.2. The van der Waals surface area contributed by atoms with Crippen molar-refractivity contribution >= 4 is 40.4 Å². The van der Waals surface area contributed by atoms with Gasteiger partial charge in [-0.05, 0) is 70.4 Å². The Kier molecular flexibility index (Phi) is 7.21. The maximum absolute atomic E-state index is 13.0. The minimum absolute atomic E-state index is 0.0582. The van der Waals surface area contributed by atoms with E-state index in [0.29, 0.717) is 18.7 Å². The number of ether oxygens (including phenoxy) is 1.